The van der Waals surface area contributed by atoms with E-state index in [4.69, 9.17) is 33.0 Å². The lowest BCUT2D eigenvalue weighted by Gasteiger charge is -2.16. The third-order valence-electron chi connectivity index (χ3n) is 3.26. The fourth-order valence-corrected chi connectivity index (χ4v) is 2.27. The number of halogens is 7. The highest BCUT2D eigenvalue weighted by atomic mass is 35.5. The van der Waals surface area contributed by atoms with Crippen LogP contribution in [0, 0.1) is 5.82 Å². The first kappa shape index (κ1) is 22.0. The van der Waals surface area contributed by atoms with Crippen molar-refractivity contribution in [2.75, 3.05) is 6.61 Å². The van der Waals surface area contributed by atoms with Crippen LogP contribution in [0.25, 0.3) is 0 Å². The molecular formula is C16H10Cl2F5NO4. The Morgan fingerprint density at radius 3 is 2.43 bits per heavy atom. The first-order valence-electron chi connectivity index (χ1n) is 7.29. The number of aromatic carboxylic acids is 1. The molecule has 0 radical (unpaired) electrons. The predicted molar refractivity (Wildman–Crippen MR) is 88.4 cm³/mol. The Hall–Kier alpha value is -2.33. The second-order valence-electron chi connectivity index (χ2n) is 5.33. The van der Waals surface area contributed by atoms with E-state index in [9.17, 15) is 26.7 Å². The minimum absolute atomic E-state index is 0.0109. The molecule has 152 valence electrons. The summed E-state index contributed by atoms with van der Waals surface area (Å²) in [5.41, 5.74) is -0.488. The zero-order valence-corrected chi connectivity index (χ0v) is 15.1. The van der Waals surface area contributed by atoms with Gasteiger partial charge in [-0.2, -0.15) is 8.78 Å². The van der Waals surface area contributed by atoms with Crippen LogP contribution in [-0.2, 0) is 6.61 Å². The molecule has 0 spiro atoms. The van der Waals surface area contributed by atoms with Crippen LogP contribution in [0.1, 0.15) is 15.9 Å². The predicted octanol–water partition coefficient (Wildman–Crippen LogP) is 5.08. The molecule has 12 heteroatoms. The highest BCUT2D eigenvalue weighted by molar-refractivity contribution is 6.32. The Morgan fingerprint density at radius 1 is 1.18 bits per heavy atom. The second-order valence-corrected chi connectivity index (χ2v) is 6.14. The number of rotatable bonds is 8. The van der Waals surface area contributed by atoms with E-state index < -0.39 is 42.2 Å². The number of hydrogen-bond donors (Lipinski definition) is 1. The molecule has 2 rings (SSSR count). The van der Waals surface area contributed by atoms with E-state index in [2.05, 4.69) is 9.72 Å². The number of ether oxygens (including phenoxy) is 2. The van der Waals surface area contributed by atoms with E-state index in [1.807, 2.05) is 0 Å². The van der Waals surface area contributed by atoms with Gasteiger partial charge in [-0.15, -0.1) is 0 Å². The number of alkyl halides is 4. The fraction of sp³-hybridized carbons (Fsp3) is 0.250. The minimum atomic E-state index is -4.37. The molecular weight excluding hydrogens is 436 g/mol. The van der Waals surface area contributed by atoms with Crippen LogP contribution in [0.2, 0.25) is 10.0 Å². The summed E-state index contributed by atoms with van der Waals surface area (Å²) in [6.45, 7) is -1.92. The number of carboxylic acids is 1. The van der Waals surface area contributed by atoms with Crippen molar-refractivity contribution in [3.63, 3.8) is 0 Å². The van der Waals surface area contributed by atoms with Crippen molar-refractivity contribution in [3.8, 4) is 11.6 Å². The maximum Gasteiger partial charge on any atom is 0.340 e. The second kappa shape index (κ2) is 8.78. The fourth-order valence-electron chi connectivity index (χ4n) is 1.84. The van der Waals surface area contributed by atoms with Crippen molar-refractivity contribution in [1.29, 1.82) is 0 Å². The molecule has 0 unspecified atom stereocenters. The number of hydrogen-bond acceptors (Lipinski definition) is 4. The van der Waals surface area contributed by atoms with Crippen molar-refractivity contribution in [1.82, 2.24) is 4.98 Å². The lowest BCUT2D eigenvalue weighted by molar-refractivity contribution is -0.148. The van der Waals surface area contributed by atoms with Gasteiger partial charge in [0.25, 0.3) is 0 Å². The summed E-state index contributed by atoms with van der Waals surface area (Å²) in [5, 5.41) is 8.46. The van der Waals surface area contributed by atoms with Gasteiger partial charge in [0, 0.05) is 16.7 Å². The van der Waals surface area contributed by atoms with Gasteiger partial charge in [-0.1, -0.05) is 23.2 Å². The van der Waals surface area contributed by atoms with Crippen LogP contribution in [0.5, 0.6) is 11.6 Å². The highest BCUT2D eigenvalue weighted by Crippen LogP contribution is 2.30. The van der Waals surface area contributed by atoms with Crippen molar-refractivity contribution >= 4 is 29.2 Å². The lowest BCUT2D eigenvalue weighted by Crippen LogP contribution is -2.33. The quantitative estimate of drug-likeness (QED) is 0.573. The van der Waals surface area contributed by atoms with Crippen LogP contribution in [0.4, 0.5) is 22.0 Å². The Labute approximate surface area is 164 Å². The molecule has 1 N–H and O–H groups in total. The molecule has 1 aromatic heterocycles. The van der Waals surface area contributed by atoms with Gasteiger partial charge < -0.3 is 14.6 Å². The normalized spacial score (nSPS) is 11.6. The number of carboxylic acid groups (broad SMARTS) is 1. The van der Waals surface area contributed by atoms with Crippen LogP contribution >= 0.6 is 23.2 Å². The lowest BCUT2D eigenvalue weighted by atomic mass is 10.1. The van der Waals surface area contributed by atoms with Crippen molar-refractivity contribution in [3.05, 3.63) is 51.4 Å². The van der Waals surface area contributed by atoms with Crippen molar-refractivity contribution in [2.24, 2.45) is 0 Å². The maximum atomic E-state index is 13.7. The van der Waals surface area contributed by atoms with E-state index in [0.29, 0.717) is 0 Å². The number of pyridine rings is 1. The zero-order chi connectivity index (χ0) is 21.1. The van der Waals surface area contributed by atoms with Crippen molar-refractivity contribution in [2.45, 2.75) is 19.0 Å². The van der Waals surface area contributed by atoms with Gasteiger partial charge in [0.2, 0.25) is 5.88 Å². The Bertz CT molecular complexity index is 882. The summed E-state index contributed by atoms with van der Waals surface area (Å²) >= 11 is 11.7. The molecule has 2 aromatic rings. The number of nitrogens with zero attached hydrogens (tertiary/aromatic N) is 1. The Balaban J connectivity index is 2.05. The smallest absolute Gasteiger partial charge is 0.340 e. The highest BCUT2D eigenvalue weighted by Gasteiger charge is 2.42. The zero-order valence-electron chi connectivity index (χ0n) is 13.6. The molecule has 0 saturated heterocycles. The molecule has 1 heterocycles. The summed E-state index contributed by atoms with van der Waals surface area (Å²) < 4.78 is 73.4. The van der Waals surface area contributed by atoms with Crippen LogP contribution < -0.4 is 9.47 Å². The third kappa shape index (κ3) is 5.35. The van der Waals surface area contributed by atoms with E-state index in [1.165, 1.54) is 0 Å². The SMILES string of the molecule is O=C(O)c1cc(Cl)c(COc2cnc(OCC(F)(F)C(F)F)c(Cl)c2)cc1F. The maximum absolute atomic E-state index is 13.7. The van der Waals surface area contributed by atoms with E-state index >= 15 is 0 Å². The number of aromatic nitrogens is 1. The molecule has 0 aliphatic carbocycles. The molecule has 0 fully saturated rings. The molecule has 28 heavy (non-hydrogen) atoms. The van der Waals surface area contributed by atoms with E-state index in [1.54, 1.807) is 0 Å². The summed E-state index contributed by atoms with van der Waals surface area (Å²) in [6, 6.07) is 2.91. The van der Waals surface area contributed by atoms with Crippen LogP contribution in [-0.4, -0.2) is 35.0 Å². The summed E-state index contributed by atoms with van der Waals surface area (Å²) in [7, 11) is 0. The minimum Gasteiger partial charge on any atom is -0.487 e. The largest absolute Gasteiger partial charge is 0.487 e. The van der Waals surface area contributed by atoms with Gasteiger partial charge in [-0.05, 0) is 12.1 Å². The first-order chi connectivity index (χ1) is 13.0. The molecule has 1 aromatic carbocycles. The molecule has 0 bridgehead atoms. The standard InChI is InChI=1S/C16H10Cl2F5NO4/c17-10-3-9(14(25)26)12(19)1-7(10)5-27-8-2-11(18)13(24-4-8)28-6-16(22,23)15(20)21/h1-4,15H,5-6H2,(H,25,26). The Morgan fingerprint density at radius 2 is 1.86 bits per heavy atom. The van der Waals surface area contributed by atoms with Crippen molar-refractivity contribution < 1.29 is 41.3 Å². The van der Waals surface area contributed by atoms with Gasteiger partial charge in [0.15, 0.2) is 6.61 Å². The van der Waals surface area contributed by atoms with Gasteiger partial charge in [0.05, 0.1) is 11.8 Å². The third-order valence-corrected chi connectivity index (χ3v) is 3.89. The van der Waals surface area contributed by atoms with E-state index in [0.717, 1.165) is 24.4 Å². The molecule has 0 aliphatic rings. The van der Waals surface area contributed by atoms with Gasteiger partial charge >= 0.3 is 18.3 Å². The molecule has 5 nitrogen and oxygen atoms in total. The van der Waals surface area contributed by atoms with Crippen LogP contribution in [0.15, 0.2) is 24.4 Å². The first-order valence-corrected chi connectivity index (χ1v) is 8.05. The average Bonchev–Trinajstić information content (AvgIpc) is 2.60. The molecule has 0 aliphatic heterocycles. The average molecular weight is 446 g/mol. The number of carbonyl (C=O) groups is 1. The topological polar surface area (TPSA) is 68.7 Å². The molecule has 0 saturated carbocycles. The van der Waals surface area contributed by atoms with Crippen LogP contribution in [0.3, 0.4) is 0 Å². The summed E-state index contributed by atoms with van der Waals surface area (Å²) in [5.74, 6) is -7.38. The molecule has 0 atom stereocenters. The van der Waals surface area contributed by atoms with Gasteiger partial charge in [-0.25, -0.2) is 22.9 Å². The Kier molecular flexibility index (Phi) is 6.89. The summed E-state index contributed by atoms with van der Waals surface area (Å²) in [6.07, 6.45) is -2.90. The van der Waals surface area contributed by atoms with Gasteiger partial charge in [0.1, 0.15) is 23.2 Å². The molecule has 0 amide bonds. The van der Waals surface area contributed by atoms with E-state index in [-0.39, 0.29) is 28.0 Å². The number of benzene rings is 1. The summed E-state index contributed by atoms with van der Waals surface area (Å²) in [4.78, 5) is 14.4. The van der Waals surface area contributed by atoms with Gasteiger partial charge in [-0.3, -0.25) is 0 Å². The monoisotopic (exact) mass is 445 g/mol.